The van der Waals surface area contributed by atoms with E-state index in [0.29, 0.717) is 25.7 Å². The standard InChI is InChI=1S/C53H71N3O14/c1-5-9-13-17-21-42(50(59)60)67-34-25-28-37(40(57)31-34)47-54-48(38-29-26-35(32-41(38)58)68-43(51(61)62)22-18-14-10-6-2)56-49(55-47)39-30-27-36(69-44(52(63)64)23-19-15-11-7-3)33-46(39)70-45(53(65)66)24-20-16-12-8-4/h25-33,42-45,57-58H,5-24H2,1-4H3,(H,59,60)(H,61,62)(H,63,64)(H,65,66). The summed E-state index contributed by atoms with van der Waals surface area (Å²) in [5.41, 5.74) is 0.228. The van der Waals surface area contributed by atoms with Crippen LogP contribution in [0.3, 0.4) is 0 Å². The number of carbonyl (C=O) groups is 4. The molecule has 0 fully saturated rings. The first kappa shape index (κ1) is 55.9. The van der Waals surface area contributed by atoms with Crippen molar-refractivity contribution in [3.05, 3.63) is 54.6 Å². The highest BCUT2D eigenvalue weighted by molar-refractivity contribution is 5.78. The minimum absolute atomic E-state index is 0.0491. The number of hydrogen-bond acceptors (Lipinski definition) is 13. The summed E-state index contributed by atoms with van der Waals surface area (Å²) in [6.45, 7) is 8.19. The van der Waals surface area contributed by atoms with Gasteiger partial charge in [0.05, 0.1) is 16.7 Å². The summed E-state index contributed by atoms with van der Waals surface area (Å²) in [6, 6.07) is 12.6. The summed E-state index contributed by atoms with van der Waals surface area (Å²) in [6.07, 6.45) is 9.26. The Labute approximate surface area is 410 Å². The lowest BCUT2D eigenvalue weighted by molar-refractivity contribution is -0.146. The number of ether oxygens (including phenoxy) is 4. The molecule has 382 valence electrons. The normalized spacial score (nSPS) is 12.9. The molecule has 17 nitrogen and oxygen atoms in total. The predicted octanol–water partition coefficient (Wildman–Crippen LogP) is 11.5. The van der Waals surface area contributed by atoms with Gasteiger partial charge in [-0.05, 0) is 87.8 Å². The van der Waals surface area contributed by atoms with Crippen molar-refractivity contribution in [1.29, 1.82) is 0 Å². The van der Waals surface area contributed by atoms with Gasteiger partial charge in [0, 0.05) is 18.2 Å². The monoisotopic (exact) mass is 973 g/mol. The Balaban J connectivity index is 1.88. The van der Waals surface area contributed by atoms with Gasteiger partial charge in [0.1, 0.15) is 34.5 Å². The Bertz CT molecular complexity index is 2210. The fourth-order valence-corrected chi connectivity index (χ4v) is 7.75. The van der Waals surface area contributed by atoms with E-state index in [4.69, 9.17) is 28.9 Å². The van der Waals surface area contributed by atoms with E-state index in [1.54, 1.807) is 0 Å². The Morgan fingerprint density at radius 2 is 0.686 bits per heavy atom. The lowest BCUT2D eigenvalue weighted by Gasteiger charge is -2.20. The molecule has 4 atom stereocenters. The van der Waals surface area contributed by atoms with Gasteiger partial charge in [-0.15, -0.1) is 0 Å². The highest BCUT2D eigenvalue weighted by Gasteiger charge is 2.27. The summed E-state index contributed by atoms with van der Waals surface area (Å²) in [5, 5.41) is 63.2. The highest BCUT2D eigenvalue weighted by atomic mass is 16.5. The van der Waals surface area contributed by atoms with Gasteiger partial charge in [-0.25, -0.2) is 34.1 Å². The molecular weight excluding hydrogens is 903 g/mol. The lowest BCUT2D eigenvalue weighted by Crippen LogP contribution is -2.28. The Morgan fingerprint density at radius 1 is 0.400 bits per heavy atom. The van der Waals surface area contributed by atoms with E-state index in [0.717, 1.165) is 77.0 Å². The molecule has 0 aliphatic carbocycles. The molecule has 0 bridgehead atoms. The third-order valence-electron chi connectivity index (χ3n) is 11.7. The van der Waals surface area contributed by atoms with Gasteiger partial charge in [-0.3, -0.25) is 0 Å². The summed E-state index contributed by atoms with van der Waals surface area (Å²) in [4.78, 5) is 63.3. The van der Waals surface area contributed by atoms with Crippen LogP contribution in [0, 0.1) is 0 Å². The van der Waals surface area contributed by atoms with Crippen LogP contribution in [0.15, 0.2) is 54.6 Å². The number of aromatic nitrogens is 3. The third-order valence-corrected chi connectivity index (χ3v) is 11.7. The number of hydrogen-bond donors (Lipinski definition) is 6. The van der Waals surface area contributed by atoms with E-state index in [2.05, 4.69) is 18.8 Å². The van der Waals surface area contributed by atoms with Crippen LogP contribution in [0.4, 0.5) is 0 Å². The number of phenols is 2. The van der Waals surface area contributed by atoms with Crippen LogP contribution in [0.25, 0.3) is 34.2 Å². The second-order valence-corrected chi connectivity index (χ2v) is 17.5. The molecule has 3 aromatic carbocycles. The molecule has 0 aliphatic rings. The van der Waals surface area contributed by atoms with Crippen molar-refractivity contribution in [2.75, 3.05) is 0 Å². The average Bonchev–Trinajstić information content (AvgIpc) is 3.32. The predicted molar refractivity (Wildman–Crippen MR) is 263 cm³/mol. The molecule has 0 saturated heterocycles. The largest absolute Gasteiger partial charge is 0.507 e. The van der Waals surface area contributed by atoms with Gasteiger partial charge >= 0.3 is 23.9 Å². The molecule has 4 rings (SSSR count). The maximum Gasteiger partial charge on any atom is 0.344 e. The number of benzene rings is 3. The van der Waals surface area contributed by atoms with Gasteiger partial charge < -0.3 is 49.6 Å². The summed E-state index contributed by atoms with van der Waals surface area (Å²) < 4.78 is 23.9. The van der Waals surface area contributed by atoms with Crippen molar-refractivity contribution < 1.29 is 68.8 Å². The van der Waals surface area contributed by atoms with Crippen molar-refractivity contribution in [2.45, 2.75) is 181 Å². The number of carboxylic acids is 4. The quantitative estimate of drug-likeness (QED) is 0.0234. The number of phenolic OH excluding ortho intramolecular Hbond substituents is 2. The van der Waals surface area contributed by atoms with Crippen molar-refractivity contribution in [2.24, 2.45) is 0 Å². The molecule has 0 amide bonds. The Morgan fingerprint density at radius 3 is 0.986 bits per heavy atom. The van der Waals surface area contributed by atoms with Crippen molar-refractivity contribution in [3.63, 3.8) is 0 Å². The molecular formula is C53H71N3O14. The SMILES string of the molecule is CCCCCCC(Oc1ccc(-c2nc(-c3ccc(OC(CCCCCC)C(=O)O)cc3O)nc(-c3ccc(OC(CCCCCC)C(=O)O)cc3OC(CCCCCC)C(=O)O)n2)c(O)c1)C(=O)O. The number of rotatable bonds is 35. The number of carboxylic acid groups (broad SMARTS) is 4. The van der Waals surface area contributed by atoms with Crippen LogP contribution in [0.1, 0.15) is 156 Å². The first-order valence-electron chi connectivity index (χ1n) is 24.8. The molecule has 1 aromatic heterocycles. The molecule has 6 N–H and O–H groups in total. The maximum absolute atomic E-state index is 12.7. The topological polar surface area (TPSA) is 265 Å². The molecule has 0 spiro atoms. The first-order valence-corrected chi connectivity index (χ1v) is 24.8. The summed E-state index contributed by atoms with van der Waals surface area (Å²) in [5.74, 6) is -5.68. The van der Waals surface area contributed by atoms with Crippen molar-refractivity contribution in [3.8, 4) is 68.7 Å². The van der Waals surface area contributed by atoms with E-state index in [9.17, 15) is 49.8 Å². The zero-order chi connectivity index (χ0) is 51.0. The highest BCUT2D eigenvalue weighted by Crippen LogP contribution is 2.39. The summed E-state index contributed by atoms with van der Waals surface area (Å²) >= 11 is 0. The van der Waals surface area contributed by atoms with Crippen LogP contribution in [-0.4, -0.2) is 93.9 Å². The summed E-state index contributed by atoms with van der Waals surface area (Å²) in [7, 11) is 0. The first-order chi connectivity index (χ1) is 33.7. The Hall–Kier alpha value is -6.65. The Kier molecular flexibility index (Phi) is 23.5. The second-order valence-electron chi connectivity index (χ2n) is 17.5. The van der Waals surface area contributed by atoms with Crippen LogP contribution < -0.4 is 18.9 Å². The molecule has 1 heterocycles. The van der Waals surface area contributed by atoms with E-state index in [1.807, 2.05) is 13.8 Å². The second kappa shape index (κ2) is 29.4. The zero-order valence-electron chi connectivity index (χ0n) is 40.9. The molecule has 70 heavy (non-hydrogen) atoms. The van der Waals surface area contributed by atoms with Crippen LogP contribution in [0.5, 0.6) is 34.5 Å². The fourth-order valence-electron chi connectivity index (χ4n) is 7.75. The van der Waals surface area contributed by atoms with Gasteiger partial charge in [0.15, 0.2) is 41.9 Å². The van der Waals surface area contributed by atoms with Crippen LogP contribution in [0.2, 0.25) is 0 Å². The molecule has 0 aliphatic heterocycles. The zero-order valence-corrected chi connectivity index (χ0v) is 40.9. The molecule has 4 unspecified atom stereocenters. The van der Waals surface area contributed by atoms with Gasteiger partial charge in [-0.1, -0.05) is 105 Å². The minimum atomic E-state index is -1.34. The van der Waals surface area contributed by atoms with Crippen molar-refractivity contribution >= 4 is 23.9 Å². The molecule has 4 aromatic rings. The fraction of sp³-hybridized carbons (Fsp3) is 0.528. The lowest BCUT2D eigenvalue weighted by atomic mass is 10.1. The smallest absolute Gasteiger partial charge is 0.344 e. The van der Waals surface area contributed by atoms with Crippen molar-refractivity contribution in [1.82, 2.24) is 15.0 Å². The van der Waals surface area contributed by atoms with E-state index < -0.39 is 48.3 Å². The van der Waals surface area contributed by atoms with E-state index in [-0.39, 0.29) is 94.3 Å². The molecule has 0 radical (unpaired) electrons. The van der Waals surface area contributed by atoms with E-state index >= 15 is 0 Å². The number of unbranched alkanes of at least 4 members (excludes halogenated alkanes) is 12. The van der Waals surface area contributed by atoms with Crippen LogP contribution >= 0.6 is 0 Å². The maximum atomic E-state index is 12.7. The average molecular weight is 974 g/mol. The number of aromatic hydroxyl groups is 2. The third kappa shape index (κ3) is 17.7. The van der Waals surface area contributed by atoms with Gasteiger partial charge in [-0.2, -0.15) is 0 Å². The van der Waals surface area contributed by atoms with Gasteiger partial charge in [0.25, 0.3) is 0 Å². The van der Waals surface area contributed by atoms with Crippen LogP contribution in [-0.2, 0) is 19.2 Å². The number of aliphatic carboxylic acids is 4. The number of nitrogens with zero attached hydrogens (tertiary/aromatic N) is 3. The minimum Gasteiger partial charge on any atom is -0.507 e. The molecule has 17 heteroatoms. The molecule has 0 saturated carbocycles. The van der Waals surface area contributed by atoms with Gasteiger partial charge in [0.2, 0.25) is 0 Å². The van der Waals surface area contributed by atoms with E-state index in [1.165, 1.54) is 54.6 Å².